The molecule has 0 aliphatic rings. The molecule has 0 saturated heterocycles. The Bertz CT molecular complexity index is 1310. The maximum absolute atomic E-state index is 4.71. The molecule has 0 fully saturated rings. The molecule has 31 heavy (non-hydrogen) atoms. The number of hydrogen-bond acceptors (Lipinski definition) is 5. The van der Waals surface area contributed by atoms with Gasteiger partial charge in [-0.1, -0.05) is 42.5 Å². The number of nitrogens with one attached hydrogen (secondary N) is 2. The molecule has 2 N–H and O–H groups in total. The van der Waals surface area contributed by atoms with Crippen LogP contribution in [0.2, 0.25) is 0 Å². The number of anilines is 3. The molecule has 0 spiro atoms. The number of nitrogens with zero attached hydrogens (tertiary/aromatic N) is 4. The van der Waals surface area contributed by atoms with Gasteiger partial charge in [-0.05, 0) is 55.0 Å². The highest BCUT2D eigenvalue weighted by atomic mass is 15.2. The molecule has 5 aromatic rings. The normalized spacial score (nSPS) is 11.9. The predicted molar refractivity (Wildman–Crippen MR) is 125 cm³/mol. The van der Waals surface area contributed by atoms with Gasteiger partial charge in [-0.15, -0.1) is 0 Å². The minimum atomic E-state index is 0.0345. The molecule has 1 atom stereocenters. The van der Waals surface area contributed by atoms with E-state index in [1.54, 1.807) is 12.5 Å². The predicted octanol–water partition coefficient (Wildman–Crippen LogP) is 5.73. The van der Waals surface area contributed by atoms with E-state index in [4.69, 9.17) is 4.98 Å². The Labute approximate surface area is 180 Å². The summed E-state index contributed by atoms with van der Waals surface area (Å²) in [4.78, 5) is 13.6. The molecule has 0 aliphatic heterocycles. The van der Waals surface area contributed by atoms with Gasteiger partial charge in [0.1, 0.15) is 12.1 Å². The van der Waals surface area contributed by atoms with E-state index < -0.39 is 0 Å². The third-order valence-corrected chi connectivity index (χ3v) is 5.14. The topological polar surface area (TPSA) is 67.7 Å². The summed E-state index contributed by atoms with van der Waals surface area (Å²) in [5.74, 6) is 1.35. The Morgan fingerprint density at radius 1 is 0.806 bits per heavy atom. The first-order valence-corrected chi connectivity index (χ1v) is 10.2. The summed E-state index contributed by atoms with van der Waals surface area (Å²) in [6.45, 7) is 2.10. The van der Waals surface area contributed by atoms with Crippen molar-refractivity contribution >= 4 is 28.4 Å². The van der Waals surface area contributed by atoms with Crippen LogP contribution in [0.3, 0.4) is 0 Å². The molecular formula is C25H22N6. The third kappa shape index (κ3) is 4.09. The van der Waals surface area contributed by atoms with Gasteiger partial charge < -0.3 is 10.6 Å². The van der Waals surface area contributed by atoms with Crippen LogP contribution < -0.4 is 10.6 Å². The quantitative estimate of drug-likeness (QED) is 0.377. The molecule has 0 aliphatic carbocycles. The lowest BCUT2D eigenvalue weighted by atomic mass is 10.1. The Morgan fingerprint density at radius 3 is 2.52 bits per heavy atom. The highest BCUT2D eigenvalue weighted by molar-refractivity contribution is 5.76. The molecule has 0 amide bonds. The lowest BCUT2D eigenvalue weighted by molar-refractivity contribution is 0.854. The van der Waals surface area contributed by atoms with E-state index >= 15 is 0 Å². The maximum Gasteiger partial charge on any atom is 0.225 e. The lowest BCUT2D eigenvalue weighted by Crippen LogP contribution is -2.11. The minimum Gasteiger partial charge on any atom is -0.356 e. The summed E-state index contributed by atoms with van der Waals surface area (Å²) in [6, 6.07) is 28.4. The molecule has 6 nitrogen and oxygen atoms in total. The molecule has 0 saturated carbocycles. The van der Waals surface area contributed by atoms with Gasteiger partial charge in [-0.2, -0.15) is 4.98 Å². The average Bonchev–Trinajstić information content (AvgIpc) is 3.24. The van der Waals surface area contributed by atoms with Crippen LogP contribution in [0.1, 0.15) is 18.5 Å². The molecule has 152 valence electrons. The lowest BCUT2D eigenvalue weighted by Gasteiger charge is -2.16. The first kappa shape index (κ1) is 18.8. The van der Waals surface area contributed by atoms with Gasteiger partial charge >= 0.3 is 0 Å². The van der Waals surface area contributed by atoms with Crippen LogP contribution in [0.4, 0.5) is 17.3 Å². The van der Waals surface area contributed by atoms with Crippen LogP contribution in [0.15, 0.2) is 97.5 Å². The highest BCUT2D eigenvalue weighted by Gasteiger charge is 2.10. The van der Waals surface area contributed by atoms with Crippen molar-refractivity contribution in [2.75, 3.05) is 10.6 Å². The van der Waals surface area contributed by atoms with E-state index in [0.29, 0.717) is 5.95 Å². The standard InChI is InChI=1S/C25H22N6/c1-18(19-8-7-11-21(16-19)29-20-9-3-2-4-10-20)28-25-26-15-14-24(30-25)31-17-27-22-12-5-6-13-23(22)31/h2-18,29H,1H3,(H,26,28,30). The molecule has 0 radical (unpaired) electrons. The Balaban J connectivity index is 1.36. The van der Waals surface area contributed by atoms with E-state index in [1.165, 1.54) is 0 Å². The number of para-hydroxylation sites is 3. The molecule has 2 aromatic heterocycles. The summed E-state index contributed by atoms with van der Waals surface area (Å²) in [7, 11) is 0. The second-order valence-electron chi connectivity index (χ2n) is 7.32. The molecule has 6 heteroatoms. The van der Waals surface area contributed by atoms with E-state index in [-0.39, 0.29) is 6.04 Å². The zero-order valence-corrected chi connectivity index (χ0v) is 17.1. The number of aromatic nitrogens is 4. The second kappa shape index (κ2) is 8.28. The van der Waals surface area contributed by atoms with E-state index in [2.05, 4.69) is 45.7 Å². The van der Waals surface area contributed by atoms with Gasteiger partial charge in [0.05, 0.1) is 17.1 Å². The summed E-state index contributed by atoms with van der Waals surface area (Å²) in [5.41, 5.74) is 5.19. The number of rotatable bonds is 6. The van der Waals surface area contributed by atoms with Crippen LogP contribution in [-0.4, -0.2) is 19.5 Å². The van der Waals surface area contributed by atoms with Crippen molar-refractivity contribution < 1.29 is 0 Å². The van der Waals surface area contributed by atoms with Crippen molar-refractivity contribution in [3.63, 3.8) is 0 Å². The monoisotopic (exact) mass is 406 g/mol. The van der Waals surface area contributed by atoms with E-state index in [0.717, 1.165) is 33.8 Å². The molecule has 1 unspecified atom stereocenters. The number of benzene rings is 3. The summed E-state index contributed by atoms with van der Waals surface area (Å²) >= 11 is 0. The number of imidazole rings is 1. The zero-order valence-electron chi connectivity index (χ0n) is 17.1. The molecular weight excluding hydrogens is 384 g/mol. The van der Waals surface area contributed by atoms with Crippen molar-refractivity contribution in [2.24, 2.45) is 0 Å². The SMILES string of the molecule is CC(Nc1nccc(-n2cnc3ccccc32)n1)c1cccc(Nc2ccccc2)c1. The Kier molecular flexibility index (Phi) is 5.02. The van der Waals surface area contributed by atoms with Crippen LogP contribution in [-0.2, 0) is 0 Å². The molecule has 3 aromatic carbocycles. The molecule has 0 bridgehead atoms. The summed E-state index contributed by atoms with van der Waals surface area (Å²) in [5, 5.41) is 6.85. The highest BCUT2D eigenvalue weighted by Crippen LogP contribution is 2.23. The van der Waals surface area contributed by atoms with Gasteiger partial charge in [-0.25, -0.2) is 9.97 Å². The van der Waals surface area contributed by atoms with Crippen LogP contribution >= 0.6 is 0 Å². The first-order chi connectivity index (χ1) is 15.3. The Hall–Kier alpha value is -4.19. The average molecular weight is 406 g/mol. The Morgan fingerprint density at radius 2 is 1.61 bits per heavy atom. The fourth-order valence-corrected chi connectivity index (χ4v) is 3.55. The van der Waals surface area contributed by atoms with E-state index in [9.17, 15) is 0 Å². The van der Waals surface area contributed by atoms with Crippen molar-refractivity contribution in [2.45, 2.75) is 13.0 Å². The third-order valence-electron chi connectivity index (χ3n) is 5.14. The zero-order chi connectivity index (χ0) is 21.0. The van der Waals surface area contributed by atoms with E-state index in [1.807, 2.05) is 71.3 Å². The first-order valence-electron chi connectivity index (χ1n) is 10.2. The number of fused-ring (bicyclic) bond motifs is 1. The largest absolute Gasteiger partial charge is 0.356 e. The van der Waals surface area contributed by atoms with Gasteiger partial charge in [0.2, 0.25) is 5.95 Å². The van der Waals surface area contributed by atoms with Gasteiger partial charge in [0.15, 0.2) is 0 Å². The van der Waals surface area contributed by atoms with Gasteiger partial charge in [-0.3, -0.25) is 4.57 Å². The van der Waals surface area contributed by atoms with Crippen molar-refractivity contribution in [1.29, 1.82) is 0 Å². The summed E-state index contributed by atoms with van der Waals surface area (Å²) in [6.07, 6.45) is 3.55. The van der Waals surface area contributed by atoms with Crippen molar-refractivity contribution in [1.82, 2.24) is 19.5 Å². The van der Waals surface area contributed by atoms with Crippen LogP contribution in [0.5, 0.6) is 0 Å². The fraction of sp³-hybridized carbons (Fsp3) is 0.0800. The smallest absolute Gasteiger partial charge is 0.225 e. The van der Waals surface area contributed by atoms with Gasteiger partial charge in [0.25, 0.3) is 0 Å². The minimum absolute atomic E-state index is 0.0345. The van der Waals surface area contributed by atoms with Gasteiger partial charge in [0, 0.05) is 17.6 Å². The maximum atomic E-state index is 4.71. The van der Waals surface area contributed by atoms with Crippen molar-refractivity contribution in [3.8, 4) is 5.82 Å². The van der Waals surface area contributed by atoms with Crippen LogP contribution in [0.25, 0.3) is 16.9 Å². The van der Waals surface area contributed by atoms with Crippen LogP contribution in [0, 0.1) is 0 Å². The fourth-order valence-electron chi connectivity index (χ4n) is 3.55. The second-order valence-corrected chi connectivity index (χ2v) is 7.32. The summed E-state index contributed by atoms with van der Waals surface area (Å²) < 4.78 is 1.97. The number of hydrogen-bond donors (Lipinski definition) is 2. The molecule has 5 rings (SSSR count). The molecule has 2 heterocycles. The van der Waals surface area contributed by atoms with Crippen molar-refractivity contribution in [3.05, 3.63) is 103 Å².